The summed E-state index contributed by atoms with van der Waals surface area (Å²) in [7, 11) is 0. The average molecular weight is 300 g/mol. The van der Waals surface area contributed by atoms with Crippen molar-refractivity contribution in [2.24, 2.45) is 5.73 Å². The minimum Gasteiger partial charge on any atom is -0.368 e. The predicted molar refractivity (Wildman–Crippen MR) is 72.5 cm³/mol. The second-order valence-electron chi connectivity index (χ2n) is 4.64. The van der Waals surface area contributed by atoms with Crippen molar-refractivity contribution >= 4 is 29.0 Å². The predicted octanol–water partition coefficient (Wildman–Crippen LogP) is 1.27. The summed E-state index contributed by atoms with van der Waals surface area (Å²) in [4.78, 5) is 30.8. The first-order chi connectivity index (χ1) is 9.49. The van der Waals surface area contributed by atoms with Crippen LogP contribution in [0.15, 0.2) is 6.20 Å². The molecule has 1 fully saturated rings. The number of nitro groups is 1. The third-order valence-corrected chi connectivity index (χ3v) is 3.46. The summed E-state index contributed by atoms with van der Waals surface area (Å²) in [5.41, 5.74) is 4.96. The van der Waals surface area contributed by atoms with Gasteiger partial charge in [-0.15, -0.1) is 0 Å². The Morgan fingerprint density at radius 2 is 2.20 bits per heavy atom. The first kappa shape index (κ1) is 14.4. The number of hydrogen-bond donors (Lipinski definition) is 1. The first-order valence-electron chi connectivity index (χ1n) is 6.21. The third-order valence-electron chi connectivity index (χ3n) is 3.28. The van der Waals surface area contributed by atoms with Crippen molar-refractivity contribution < 1.29 is 9.72 Å². The van der Waals surface area contributed by atoms with Crippen molar-refractivity contribution in [3.63, 3.8) is 0 Å². The van der Waals surface area contributed by atoms with Crippen molar-refractivity contribution in [3.8, 4) is 0 Å². The normalized spacial score (nSPS) is 15.2. The highest BCUT2D eigenvalue weighted by atomic mass is 35.5. The van der Waals surface area contributed by atoms with Crippen molar-refractivity contribution in [2.75, 3.05) is 11.4 Å². The van der Waals surface area contributed by atoms with Crippen molar-refractivity contribution in [3.05, 3.63) is 21.6 Å². The van der Waals surface area contributed by atoms with E-state index in [2.05, 4.69) is 9.97 Å². The Bertz CT molecular complexity index is 533. The average Bonchev–Trinajstić information content (AvgIpc) is 2.88. The maximum atomic E-state index is 11.2. The Kier molecular flexibility index (Phi) is 4.33. The lowest BCUT2D eigenvalue weighted by atomic mass is 10.2. The van der Waals surface area contributed by atoms with Crippen LogP contribution in [0.1, 0.15) is 25.7 Å². The number of amides is 1. The van der Waals surface area contributed by atoms with Gasteiger partial charge in [-0.3, -0.25) is 14.9 Å². The van der Waals surface area contributed by atoms with Crippen LogP contribution in [-0.4, -0.2) is 33.4 Å². The van der Waals surface area contributed by atoms with Crippen molar-refractivity contribution in [1.29, 1.82) is 0 Å². The lowest BCUT2D eigenvalue weighted by molar-refractivity contribution is -0.384. The van der Waals surface area contributed by atoms with E-state index >= 15 is 0 Å². The molecule has 2 N–H and O–H groups in total. The van der Waals surface area contributed by atoms with Gasteiger partial charge in [0.1, 0.15) is 6.20 Å². The first-order valence-corrected chi connectivity index (χ1v) is 6.58. The number of nitrogens with two attached hydrogens (primary N) is 1. The summed E-state index contributed by atoms with van der Waals surface area (Å²) in [6.07, 6.45) is 4.74. The zero-order valence-electron chi connectivity index (χ0n) is 10.7. The second kappa shape index (κ2) is 6.00. The molecule has 9 heteroatoms. The van der Waals surface area contributed by atoms with Crippen LogP contribution < -0.4 is 10.6 Å². The van der Waals surface area contributed by atoms with Gasteiger partial charge in [0.2, 0.25) is 17.0 Å². The molecule has 2 rings (SSSR count). The maximum Gasteiger partial charge on any atom is 0.329 e. The van der Waals surface area contributed by atoms with Crippen LogP contribution in [-0.2, 0) is 4.79 Å². The summed E-state index contributed by atoms with van der Waals surface area (Å²) in [6.45, 7) is -0.126. The minimum absolute atomic E-state index is 0.00664. The molecule has 0 unspecified atom stereocenters. The molecule has 1 heterocycles. The van der Waals surface area contributed by atoms with E-state index in [-0.39, 0.29) is 29.4 Å². The monoisotopic (exact) mass is 299 g/mol. The number of aromatic nitrogens is 2. The van der Waals surface area contributed by atoms with Crippen LogP contribution in [0.25, 0.3) is 0 Å². The number of halogens is 1. The van der Waals surface area contributed by atoms with Gasteiger partial charge in [-0.2, -0.15) is 4.98 Å². The van der Waals surface area contributed by atoms with Gasteiger partial charge in [0.25, 0.3) is 0 Å². The Morgan fingerprint density at radius 3 is 2.75 bits per heavy atom. The molecule has 1 aliphatic carbocycles. The number of primary amides is 1. The summed E-state index contributed by atoms with van der Waals surface area (Å²) < 4.78 is 0. The van der Waals surface area contributed by atoms with Crippen LogP contribution in [0.2, 0.25) is 5.28 Å². The molecule has 0 radical (unpaired) electrons. The van der Waals surface area contributed by atoms with Gasteiger partial charge in [0.05, 0.1) is 11.5 Å². The van der Waals surface area contributed by atoms with Gasteiger partial charge < -0.3 is 10.6 Å². The number of hydrogen-bond acceptors (Lipinski definition) is 6. The summed E-state index contributed by atoms with van der Waals surface area (Å²) in [5, 5.41) is 11.0. The van der Waals surface area contributed by atoms with Crippen LogP contribution in [0, 0.1) is 10.1 Å². The number of carbonyl (C=O) groups is 1. The topological polar surface area (TPSA) is 115 Å². The molecular formula is C11H14ClN5O3. The highest BCUT2D eigenvalue weighted by Crippen LogP contribution is 2.32. The molecule has 1 saturated carbocycles. The Morgan fingerprint density at radius 1 is 1.55 bits per heavy atom. The summed E-state index contributed by atoms with van der Waals surface area (Å²) in [6, 6.07) is 0.00664. The second-order valence-corrected chi connectivity index (χ2v) is 4.98. The number of nitrogens with zero attached hydrogens (tertiary/aromatic N) is 4. The molecule has 0 aromatic carbocycles. The number of rotatable bonds is 5. The highest BCUT2D eigenvalue weighted by molar-refractivity contribution is 6.28. The van der Waals surface area contributed by atoms with Crippen molar-refractivity contribution in [2.45, 2.75) is 31.7 Å². The molecule has 1 aromatic rings. The molecule has 0 atom stereocenters. The molecule has 1 aromatic heterocycles. The van der Waals surface area contributed by atoms with E-state index in [4.69, 9.17) is 17.3 Å². The molecular weight excluding hydrogens is 286 g/mol. The standard InChI is InChI=1S/C11H14ClN5O3/c12-11-14-5-8(17(19)20)10(15-11)16(6-9(13)18)7-3-1-2-4-7/h5,7H,1-4,6H2,(H2,13,18). The van der Waals surface area contributed by atoms with E-state index in [9.17, 15) is 14.9 Å². The zero-order chi connectivity index (χ0) is 14.7. The Balaban J connectivity index is 2.43. The van der Waals surface area contributed by atoms with Gasteiger partial charge in [0.15, 0.2) is 0 Å². The molecule has 0 saturated heterocycles. The van der Waals surface area contributed by atoms with Crippen molar-refractivity contribution in [1.82, 2.24) is 9.97 Å². The zero-order valence-corrected chi connectivity index (χ0v) is 11.4. The highest BCUT2D eigenvalue weighted by Gasteiger charge is 2.31. The molecule has 8 nitrogen and oxygen atoms in total. The fourth-order valence-corrected chi connectivity index (χ4v) is 2.58. The molecule has 0 aliphatic heterocycles. The van der Waals surface area contributed by atoms with Gasteiger partial charge in [-0.25, -0.2) is 4.98 Å². The van der Waals surface area contributed by atoms with E-state index in [1.807, 2.05) is 0 Å². The number of anilines is 1. The molecule has 20 heavy (non-hydrogen) atoms. The van der Waals surface area contributed by atoms with E-state index in [1.54, 1.807) is 4.90 Å². The summed E-state index contributed by atoms with van der Waals surface area (Å²) >= 11 is 5.72. The van der Waals surface area contributed by atoms with Gasteiger partial charge in [-0.05, 0) is 24.4 Å². The van der Waals surface area contributed by atoms with Crippen LogP contribution >= 0.6 is 11.6 Å². The largest absolute Gasteiger partial charge is 0.368 e. The van der Waals surface area contributed by atoms with E-state index in [0.29, 0.717) is 0 Å². The molecule has 0 spiro atoms. The molecule has 0 bridgehead atoms. The molecule has 1 amide bonds. The van der Waals surface area contributed by atoms with Gasteiger partial charge in [-0.1, -0.05) is 12.8 Å². The summed E-state index contributed by atoms with van der Waals surface area (Å²) in [5.74, 6) is -0.512. The SMILES string of the molecule is NC(=O)CN(c1nc(Cl)ncc1[N+](=O)[O-])C1CCCC1. The van der Waals surface area contributed by atoms with Crippen LogP contribution in [0.4, 0.5) is 11.5 Å². The lowest BCUT2D eigenvalue weighted by Crippen LogP contribution is -2.41. The van der Waals surface area contributed by atoms with Gasteiger partial charge >= 0.3 is 5.69 Å². The molecule has 108 valence electrons. The Hall–Kier alpha value is -1.96. The van der Waals surface area contributed by atoms with E-state index in [1.165, 1.54) is 0 Å². The Labute approximate surface area is 120 Å². The maximum absolute atomic E-state index is 11.2. The smallest absolute Gasteiger partial charge is 0.329 e. The lowest BCUT2D eigenvalue weighted by Gasteiger charge is -2.28. The number of carbonyl (C=O) groups excluding carboxylic acids is 1. The third kappa shape index (κ3) is 3.13. The fraction of sp³-hybridized carbons (Fsp3) is 0.545. The fourth-order valence-electron chi connectivity index (χ4n) is 2.45. The molecule has 1 aliphatic rings. The quantitative estimate of drug-likeness (QED) is 0.497. The van der Waals surface area contributed by atoms with Crippen LogP contribution in [0.5, 0.6) is 0 Å². The van der Waals surface area contributed by atoms with Gasteiger partial charge in [0, 0.05) is 6.04 Å². The minimum atomic E-state index is -0.589. The van der Waals surface area contributed by atoms with E-state index < -0.39 is 10.8 Å². The van der Waals surface area contributed by atoms with E-state index in [0.717, 1.165) is 31.9 Å². The van der Waals surface area contributed by atoms with Crippen LogP contribution in [0.3, 0.4) is 0 Å².